The van der Waals surface area contributed by atoms with Crippen LogP contribution in [0.1, 0.15) is 31.1 Å². The van der Waals surface area contributed by atoms with E-state index in [1.54, 1.807) is 0 Å². The Balaban J connectivity index is 1.64. The summed E-state index contributed by atoms with van der Waals surface area (Å²) in [4.78, 5) is 4.82. The highest BCUT2D eigenvalue weighted by Gasteiger charge is 2.66. The Morgan fingerprint density at radius 3 is 2.67 bits per heavy atom. The molecule has 0 radical (unpaired) electrons. The van der Waals surface area contributed by atoms with Gasteiger partial charge in [0.15, 0.2) is 0 Å². The average Bonchev–Trinajstić information content (AvgIpc) is 2.83. The zero-order chi connectivity index (χ0) is 14.1. The van der Waals surface area contributed by atoms with E-state index < -0.39 is 0 Å². The van der Waals surface area contributed by atoms with Gasteiger partial charge < -0.3 is 4.57 Å². The first-order chi connectivity index (χ1) is 10.3. The van der Waals surface area contributed by atoms with E-state index in [4.69, 9.17) is 28.2 Å². The lowest BCUT2D eigenvalue weighted by molar-refractivity contribution is 0.452. The highest BCUT2D eigenvalue weighted by Crippen LogP contribution is 2.72. The van der Waals surface area contributed by atoms with Gasteiger partial charge in [0.2, 0.25) is 0 Å². The molecule has 4 unspecified atom stereocenters. The van der Waals surface area contributed by atoms with Crippen LogP contribution < -0.4 is 0 Å². The van der Waals surface area contributed by atoms with Gasteiger partial charge >= 0.3 is 0 Å². The number of aryl methyl sites for hydroxylation is 1. The Hall–Kier alpha value is -0.730. The third-order valence-electron chi connectivity index (χ3n) is 6.04. The summed E-state index contributed by atoms with van der Waals surface area (Å²) in [7, 11) is 0. The predicted molar refractivity (Wildman–Crippen MR) is 86.0 cm³/mol. The third-order valence-corrected chi connectivity index (χ3v) is 6.46. The van der Waals surface area contributed by atoms with Crippen molar-refractivity contribution >= 4 is 34.2 Å². The molecule has 4 atom stereocenters. The molecule has 3 saturated carbocycles. The van der Waals surface area contributed by atoms with Gasteiger partial charge in [-0.2, -0.15) is 0 Å². The Morgan fingerprint density at radius 1 is 1.19 bits per heavy atom. The number of hydrogen-bond donors (Lipinski definition) is 0. The van der Waals surface area contributed by atoms with E-state index in [9.17, 15) is 0 Å². The quantitative estimate of drug-likeness (QED) is 0.750. The smallest absolute Gasteiger partial charge is 0.111 e. The summed E-state index contributed by atoms with van der Waals surface area (Å²) in [5.74, 6) is 5.51. The van der Waals surface area contributed by atoms with Crippen LogP contribution in [-0.4, -0.2) is 15.4 Å². The van der Waals surface area contributed by atoms with Crippen LogP contribution in [0.4, 0.5) is 0 Å². The average molecular weight is 321 g/mol. The molecule has 110 valence electrons. The molecule has 2 nitrogen and oxygen atoms in total. The maximum atomic E-state index is 6.23. The molecule has 0 amide bonds. The summed E-state index contributed by atoms with van der Waals surface area (Å²) in [6.07, 6.45) is 5.21. The molecule has 1 aromatic heterocycles. The van der Waals surface area contributed by atoms with E-state index in [0.29, 0.717) is 11.9 Å². The van der Waals surface area contributed by atoms with Crippen molar-refractivity contribution < 1.29 is 0 Å². The van der Waals surface area contributed by atoms with Gasteiger partial charge in [-0.25, -0.2) is 4.98 Å². The lowest BCUT2D eigenvalue weighted by Crippen LogP contribution is -2.09. The monoisotopic (exact) mass is 320 g/mol. The fourth-order valence-electron chi connectivity index (χ4n) is 5.33. The molecule has 3 fully saturated rings. The molecule has 3 aliphatic rings. The first-order valence-corrected chi connectivity index (χ1v) is 8.91. The highest BCUT2D eigenvalue weighted by atomic mass is 35.5. The van der Waals surface area contributed by atoms with Crippen molar-refractivity contribution in [2.24, 2.45) is 23.7 Å². The van der Waals surface area contributed by atoms with Gasteiger partial charge in [0.1, 0.15) is 5.82 Å². The summed E-state index contributed by atoms with van der Waals surface area (Å²) in [6, 6.07) is 6.72. The molecule has 2 aromatic rings. The summed E-state index contributed by atoms with van der Waals surface area (Å²) in [5, 5.41) is 0.801. The minimum absolute atomic E-state index is 0.631. The van der Waals surface area contributed by atoms with Gasteiger partial charge in [0, 0.05) is 23.4 Å². The van der Waals surface area contributed by atoms with Crippen LogP contribution in [0.5, 0.6) is 0 Å². The van der Waals surface area contributed by atoms with Crippen LogP contribution in [0.3, 0.4) is 0 Å². The van der Waals surface area contributed by atoms with E-state index in [2.05, 4.69) is 10.6 Å². The van der Waals surface area contributed by atoms with Crippen molar-refractivity contribution in [1.29, 1.82) is 0 Å². The van der Waals surface area contributed by atoms with Crippen molar-refractivity contribution in [2.75, 3.05) is 5.88 Å². The second kappa shape index (κ2) is 4.39. The van der Waals surface area contributed by atoms with E-state index in [1.807, 2.05) is 12.1 Å². The molecule has 1 aromatic carbocycles. The van der Waals surface area contributed by atoms with Crippen molar-refractivity contribution in [3.8, 4) is 0 Å². The van der Waals surface area contributed by atoms with Crippen LogP contribution >= 0.6 is 23.2 Å². The summed E-state index contributed by atoms with van der Waals surface area (Å²) in [6.45, 7) is 0. The van der Waals surface area contributed by atoms with Crippen molar-refractivity contribution in [3.63, 3.8) is 0 Å². The van der Waals surface area contributed by atoms with Gasteiger partial charge in [-0.05, 0) is 61.1 Å². The number of benzene rings is 1. The Bertz CT molecular complexity index is 707. The third kappa shape index (κ3) is 1.69. The maximum Gasteiger partial charge on any atom is 0.111 e. The number of halogens is 2. The number of rotatable bonds is 3. The van der Waals surface area contributed by atoms with Crippen molar-refractivity contribution in [2.45, 2.75) is 31.7 Å². The summed E-state index contributed by atoms with van der Waals surface area (Å²) < 4.78 is 2.49. The molecule has 5 rings (SSSR count). The van der Waals surface area contributed by atoms with Crippen molar-refractivity contribution in [3.05, 3.63) is 29.0 Å². The lowest BCUT2D eigenvalue weighted by Gasteiger charge is -2.14. The van der Waals surface area contributed by atoms with E-state index >= 15 is 0 Å². The molecule has 2 bridgehead atoms. The summed E-state index contributed by atoms with van der Waals surface area (Å²) >= 11 is 12.2. The molecule has 0 spiro atoms. The molecule has 4 heteroatoms. The molecule has 1 heterocycles. The lowest BCUT2D eigenvalue weighted by atomic mass is 10.0. The van der Waals surface area contributed by atoms with Crippen molar-refractivity contribution in [1.82, 2.24) is 9.55 Å². The standard InChI is InChI=1S/C17H18Cl2N2/c18-6-5-14-20-12-4-3-11(19)8-13(12)21(14)17-15-9-1-2-10(7-9)16(15)17/h3-4,8-10,15-17H,1-2,5-7H2. The number of hydrogen-bond acceptors (Lipinski definition) is 1. The normalized spacial score (nSPS) is 36.4. The van der Waals surface area contributed by atoms with E-state index in [1.165, 1.54) is 24.8 Å². The first kappa shape index (κ1) is 12.8. The zero-order valence-electron chi connectivity index (χ0n) is 11.8. The Morgan fingerprint density at radius 2 is 1.95 bits per heavy atom. The molecular formula is C17H18Cl2N2. The van der Waals surface area contributed by atoms with Gasteiger partial charge in [-0.15, -0.1) is 11.6 Å². The first-order valence-electron chi connectivity index (χ1n) is 8.00. The Labute approximate surface area is 134 Å². The molecule has 0 N–H and O–H groups in total. The topological polar surface area (TPSA) is 17.8 Å². The SMILES string of the molecule is ClCCc1nc2ccc(Cl)cc2n1C1C2C3CCC(C3)C21. The fourth-order valence-corrected chi connectivity index (χ4v) is 5.67. The molecule has 3 aliphatic carbocycles. The molecule has 0 aliphatic heterocycles. The number of fused-ring (bicyclic) bond motifs is 6. The molecular weight excluding hydrogens is 303 g/mol. The second-order valence-corrected chi connectivity index (χ2v) is 7.76. The van der Waals surface area contributed by atoms with Crippen LogP contribution in [0.15, 0.2) is 18.2 Å². The number of aromatic nitrogens is 2. The number of imidazole rings is 1. The highest BCUT2D eigenvalue weighted by molar-refractivity contribution is 6.31. The van der Waals surface area contributed by atoms with Crippen LogP contribution in [0.2, 0.25) is 5.02 Å². The van der Waals surface area contributed by atoms with Gasteiger partial charge in [0.05, 0.1) is 11.0 Å². The van der Waals surface area contributed by atoms with E-state index in [0.717, 1.165) is 46.5 Å². The molecule has 0 saturated heterocycles. The number of alkyl halides is 1. The predicted octanol–water partition coefficient (Wildman–Crippen LogP) is 4.69. The maximum absolute atomic E-state index is 6.23. The van der Waals surface area contributed by atoms with Crippen LogP contribution in [0, 0.1) is 23.7 Å². The van der Waals surface area contributed by atoms with Crippen LogP contribution in [-0.2, 0) is 6.42 Å². The summed E-state index contributed by atoms with van der Waals surface area (Å²) in [5.41, 5.74) is 2.28. The zero-order valence-corrected chi connectivity index (χ0v) is 13.3. The van der Waals surface area contributed by atoms with Gasteiger partial charge in [-0.3, -0.25) is 0 Å². The minimum atomic E-state index is 0.631. The minimum Gasteiger partial charge on any atom is -0.324 e. The van der Waals surface area contributed by atoms with Gasteiger partial charge in [0.25, 0.3) is 0 Å². The van der Waals surface area contributed by atoms with Gasteiger partial charge in [-0.1, -0.05) is 11.6 Å². The van der Waals surface area contributed by atoms with E-state index in [-0.39, 0.29) is 0 Å². The van der Waals surface area contributed by atoms with Crippen LogP contribution in [0.25, 0.3) is 11.0 Å². The fraction of sp³-hybridized carbons (Fsp3) is 0.588. The largest absolute Gasteiger partial charge is 0.324 e. The second-order valence-electron chi connectivity index (χ2n) is 6.95. The molecule has 21 heavy (non-hydrogen) atoms. The Kier molecular flexibility index (Phi) is 2.67. The number of nitrogens with zero attached hydrogens (tertiary/aromatic N) is 2.